The Hall–Kier alpha value is -1.02. The van der Waals surface area contributed by atoms with Crippen molar-refractivity contribution >= 4 is 0 Å². The van der Waals surface area contributed by atoms with Gasteiger partial charge in [-0.25, -0.2) is 0 Å². The third kappa shape index (κ3) is 2.56. The lowest BCUT2D eigenvalue weighted by atomic mass is 9.80. The molecule has 0 saturated heterocycles. The molecule has 0 aliphatic heterocycles. The van der Waals surface area contributed by atoms with E-state index in [1.807, 2.05) is 24.3 Å². The molecule has 2 nitrogen and oxygen atoms in total. The van der Waals surface area contributed by atoms with Gasteiger partial charge in [0.05, 0.1) is 0 Å². The molecule has 0 aliphatic carbocycles. The Morgan fingerprint density at radius 2 is 1.88 bits per heavy atom. The van der Waals surface area contributed by atoms with Crippen LogP contribution in [0.1, 0.15) is 27.7 Å². The first kappa shape index (κ1) is 13.0. The van der Waals surface area contributed by atoms with Crippen molar-refractivity contribution in [1.82, 2.24) is 0 Å². The average molecular weight is 220 g/mol. The van der Waals surface area contributed by atoms with E-state index < -0.39 is 0 Å². The Morgan fingerprint density at radius 1 is 1.25 bits per heavy atom. The van der Waals surface area contributed by atoms with Crippen LogP contribution in [0.4, 0.5) is 0 Å². The maximum atomic E-state index is 6.09. The maximum absolute atomic E-state index is 6.09. The normalized spacial score (nSPS) is 12.2. The fraction of sp³-hybridized carbons (Fsp3) is 0.571. The second-order valence-electron chi connectivity index (χ2n) is 4.80. The monoisotopic (exact) mass is 220 g/mol. The van der Waals surface area contributed by atoms with Crippen LogP contribution in [-0.2, 0) is 0 Å². The van der Waals surface area contributed by atoms with Crippen molar-refractivity contribution in [2.45, 2.75) is 33.3 Å². The maximum Gasteiger partial charge on any atom is 0.128 e. The van der Waals surface area contributed by atoms with Gasteiger partial charge in [-0.2, -0.15) is 0 Å². The predicted molar refractivity (Wildman–Crippen MR) is 67.4 cm³/mol. The number of nitrogens with two attached hydrogens (primary N) is 1. The zero-order valence-corrected chi connectivity index (χ0v) is 10.7. The van der Waals surface area contributed by atoms with Crippen LogP contribution in [0, 0.1) is 17.9 Å². The minimum atomic E-state index is -0.308. The summed E-state index contributed by atoms with van der Waals surface area (Å²) in [6, 6.07) is 10.8. The highest BCUT2D eigenvalue weighted by molar-refractivity contribution is 5.21. The van der Waals surface area contributed by atoms with Crippen LogP contribution in [0.25, 0.3) is 0 Å². The fourth-order valence-electron chi connectivity index (χ4n) is 2.06. The molecule has 0 amide bonds. The van der Waals surface area contributed by atoms with Gasteiger partial charge in [0.1, 0.15) is 11.4 Å². The topological polar surface area (TPSA) is 35.2 Å². The molecule has 0 unspecified atom stereocenters. The van der Waals surface area contributed by atoms with E-state index in [2.05, 4.69) is 33.8 Å². The Bertz CT molecular complexity index is 298. The van der Waals surface area contributed by atoms with Crippen molar-refractivity contribution in [3.8, 4) is 5.75 Å². The third-order valence-corrected chi connectivity index (χ3v) is 3.25. The third-order valence-electron chi connectivity index (χ3n) is 3.25. The largest absolute Gasteiger partial charge is 0.485 e. The summed E-state index contributed by atoms with van der Waals surface area (Å²) < 4.78 is 6.09. The van der Waals surface area contributed by atoms with Crippen molar-refractivity contribution in [3.63, 3.8) is 0 Å². The smallest absolute Gasteiger partial charge is 0.128 e. The molecule has 0 atom stereocenters. The highest BCUT2D eigenvalue weighted by Gasteiger charge is 2.38. The van der Waals surface area contributed by atoms with E-state index in [-0.39, 0.29) is 5.60 Å². The van der Waals surface area contributed by atoms with Gasteiger partial charge in [-0.05, 0) is 17.9 Å². The second-order valence-corrected chi connectivity index (χ2v) is 4.80. The number of rotatable bonds is 5. The minimum absolute atomic E-state index is 0.308. The zero-order valence-electron chi connectivity index (χ0n) is 10.7. The quantitative estimate of drug-likeness (QED) is 0.828. The van der Waals surface area contributed by atoms with Gasteiger partial charge < -0.3 is 10.5 Å². The van der Waals surface area contributed by atoms with Gasteiger partial charge in [0.15, 0.2) is 0 Å². The summed E-state index contributed by atoms with van der Waals surface area (Å²) in [4.78, 5) is 0. The Balaban J connectivity index is 2.95. The summed E-state index contributed by atoms with van der Waals surface area (Å²) in [6.07, 6.45) is 0. The molecule has 89 valence electrons. The van der Waals surface area contributed by atoms with Gasteiger partial charge in [-0.15, -0.1) is 0 Å². The van der Waals surface area contributed by atoms with Gasteiger partial charge in [0.25, 0.3) is 0 Å². The van der Waals surface area contributed by atoms with Crippen LogP contribution in [0.2, 0.25) is 0 Å². The van der Waals surface area contributed by atoms with E-state index in [9.17, 15) is 0 Å². The zero-order chi connectivity index (χ0) is 12.2. The molecule has 0 spiro atoms. The molecule has 0 saturated carbocycles. The SMILES string of the molecule is CC(C)C(CN)(Oc1[c]cccc1)C(C)C. The highest BCUT2D eigenvalue weighted by atomic mass is 16.5. The molecule has 0 heterocycles. The number of hydrogen-bond acceptors (Lipinski definition) is 2. The summed E-state index contributed by atoms with van der Waals surface area (Å²) in [5, 5.41) is 0. The van der Waals surface area contributed by atoms with Gasteiger partial charge in [-0.3, -0.25) is 0 Å². The molecule has 1 rings (SSSR count). The lowest BCUT2D eigenvalue weighted by molar-refractivity contribution is -0.0128. The van der Waals surface area contributed by atoms with Gasteiger partial charge in [0.2, 0.25) is 0 Å². The summed E-state index contributed by atoms with van der Waals surface area (Å²) in [5.74, 6) is 1.51. The fourth-order valence-corrected chi connectivity index (χ4v) is 2.06. The molecule has 1 radical (unpaired) electrons. The van der Waals surface area contributed by atoms with Crippen LogP contribution in [0.15, 0.2) is 24.3 Å². The van der Waals surface area contributed by atoms with E-state index in [0.717, 1.165) is 5.75 Å². The van der Waals surface area contributed by atoms with Crippen LogP contribution in [0.3, 0.4) is 0 Å². The molecular weight excluding hydrogens is 198 g/mol. The molecule has 2 N–H and O–H groups in total. The first-order valence-corrected chi connectivity index (χ1v) is 5.88. The standard InChI is InChI=1S/C14H22NO/c1-11(2)14(10-15,12(3)4)16-13-8-6-5-7-9-13/h5-8,11-12H,10,15H2,1-4H3. The number of ether oxygens (including phenoxy) is 1. The first-order valence-electron chi connectivity index (χ1n) is 5.88. The summed E-state index contributed by atoms with van der Waals surface area (Å²) >= 11 is 0. The van der Waals surface area contributed by atoms with E-state index >= 15 is 0 Å². The predicted octanol–water partition coefficient (Wildman–Crippen LogP) is 2.88. The van der Waals surface area contributed by atoms with Crippen molar-refractivity contribution in [1.29, 1.82) is 0 Å². The molecule has 1 aromatic carbocycles. The van der Waals surface area contributed by atoms with Crippen molar-refractivity contribution < 1.29 is 4.74 Å². The summed E-state index contributed by atoms with van der Waals surface area (Å²) in [5.41, 5.74) is 5.61. The van der Waals surface area contributed by atoms with Crippen LogP contribution < -0.4 is 10.5 Å². The van der Waals surface area contributed by atoms with Gasteiger partial charge >= 0.3 is 0 Å². The van der Waals surface area contributed by atoms with Crippen LogP contribution >= 0.6 is 0 Å². The van der Waals surface area contributed by atoms with Crippen LogP contribution in [-0.4, -0.2) is 12.1 Å². The highest BCUT2D eigenvalue weighted by Crippen LogP contribution is 2.31. The Labute approximate surface area is 98.8 Å². The summed E-state index contributed by atoms with van der Waals surface area (Å²) in [7, 11) is 0. The van der Waals surface area contributed by atoms with Crippen LogP contribution in [0.5, 0.6) is 5.75 Å². The van der Waals surface area contributed by atoms with E-state index in [1.165, 1.54) is 0 Å². The molecule has 0 bridgehead atoms. The molecule has 2 heteroatoms. The lowest BCUT2D eigenvalue weighted by Gasteiger charge is -2.40. The molecule has 1 aromatic rings. The molecule has 16 heavy (non-hydrogen) atoms. The van der Waals surface area contributed by atoms with E-state index in [4.69, 9.17) is 10.5 Å². The first-order chi connectivity index (χ1) is 7.53. The molecule has 0 fully saturated rings. The average Bonchev–Trinajstić information content (AvgIpc) is 2.26. The molecular formula is C14H22NO. The Morgan fingerprint density at radius 3 is 2.25 bits per heavy atom. The molecule has 0 aromatic heterocycles. The lowest BCUT2D eigenvalue weighted by Crippen LogP contribution is -2.52. The number of hydrogen-bond donors (Lipinski definition) is 1. The Kier molecular flexibility index (Phi) is 4.36. The summed E-state index contributed by atoms with van der Waals surface area (Å²) in [6.45, 7) is 9.11. The van der Waals surface area contributed by atoms with E-state index in [1.54, 1.807) is 0 Å². The number of benzene rings is 1. The molecule has 0 aliphatic rings. The van der Waals surface area contributed by atoms with Gasteiger partial charge in [0, 0.05) is 12.6 Å². The van der Waals surface area contributed by atoms with Crippen molar-refractivity contribution in [3.05, 3.63) is 30.3 Å². The van der Waals surface area contributed by atoms with Crippen molar-refractivity contribution in [2.24, 2.45) is 17.6 Å². The number of para-hydroxylation sites is 1. The van der Waals surface area contributed by atoms with Crippen molar-refractivity contribution in [2.75, 3.05) is 6.54 Å². The minimum Gasteiger partial charge on any atom is -0.485 e. The second kappa shape index (κ2) is 5.35. The van der Waals surface area contributed by atoms with E-state index in [0.29, 0.717) is 18.4 Å². The van der Waals surface area contributed by atoms with Gasteiger partial charge in [-0.1, -0.05) is 45.9 Å².